The predicted octanol–water partition coefficient (Wildman–Crippen LogP) is 4.57. The van der Waals surface area contributed by atoms with Crippen LogP contribution in [0.4, 0.5) is 0 Å². The van der Waals surface area contributed by atoms with E-state index in [2.05, 4.69) is 12.1 Å². The van der Waals surface area contributed by atoms with E-state index >= 15 is 0 Å². The maximum absolute atomic E-state index is 12.7. The number of hydrogen-bond acceptors (Lipinski definition) is 1. The average molecular weight is 271 g/mol. The van der Waals surface area contributed by atoms with Crippen molar-refractivity contribution in [3.05, 3.63) is 70.8 Å². The first kappa shape index (κ1) is 9.23. The molecule has 96 valence electrons. The van der Waals surface area contributed by atoms with Crippen molar-refractivity contribution < 1.29 is 7.54 Å². The van der Waals surface area contributed by atoms with Gasteiger partial charge in [-0.3, -0.25) is 4.79 Å². The van der Waals surface area contributed by atoms with Crippen molar-refractivity contribution in [3.63, 3.8) is 0 Å². The van der Waals surface area contributed by atoms with Gasteiger partial charge in [0.05, 0.1) is 17.2 Å². The summed E-state index contributed by atoms with van der Waals surface area (Å²) in [6.07, 6.45) is 6.53. The first-order valence-corrected chi connectivity index (χ1v) is 6.92. The van der Waals surface area contributed by atoms with Gasteiger partial charge in [0.1, 0.15) is 12.2 Å². The van der Waals surface area contributed by atoms with E-state index < -0.39 is 12.2 Å². The molecule has 0 atom stereocenters. The Morgan fingerprint density at radius 1 is 1.14 bits per heavy atom. The molecule has 0 saturated heterocycles. The molecule has 2 aliphatic carbocycles. The molecule has 0 spiro atoms. The Balaban J connectivity index is 2.12. The second-order valence-corrected chi connectivity index (χ2v) is 5.42. The number of Topliss-reactive ketones (excluding diaryl/α,β-unsaturated/α-hetero) is 1. The molecule has 1 nitrogen and oxygen atoms in total. The molecule has 3 aromatic rings. The summed E-state index contributed by atoms with van der Waals surface area (Å²) in [7, 11) is 0. The van der Waals surface area contributed by atoms with Gasteiger partial charge in [-0.25, -0.2) is 0 Å². The van der Waals surface area contributed by atoms with Crippen molar-refractivity contribution in [1.29, 1.82) is 0 Å². The lowest BCUT2D eigenvalue weighted by Gasteiger charge is -2.08. The number of ketones is 1. The minimum Gasteiger partial charge on any atom is -0.294 e. The lowest BCUT2D eigenvalue weighted by atomic mass is 9.91. The van der Waals surface area contributed by atoms with Gasteiger partial charge in [-0.05, 0) is 28.3 Å². The summed E-state index contributed by atoms with van der Waals surface area (Å²) in [6.45, 7) is 0. The number of hydrogen-bond donors (Lipinski definition) is 0. The van der Waals surface area contributed by atoms with Gasteiger partial charge in [-0.2, -0.15) is 0 Å². The van der Waals surface area contributed by atoms with Gasteiger partial charge in [0.15, 0.2) is 5.78 Å². The zero-order valence-electron chi connectivity index (χ0n) is 13.1. The summed E-state index contributed by atoms with van der Waals surface area (Å²) < 4.78 is 16.8. The van der Waals surface area contributed by atoms with E-state index in [9.17, 15) is 4.79 Å². The van der Waals surface area contributed by atoms with Crippen molar-refractivity contribution in [1.82, 2.24) is 0 Å². The van der Waals surface area contributed by atoms with Crippen LogP contribution < -0.4 is 0 Å². The van der Waals surface area contributed by atoms with Crippen LogP contribution in [0.5, 0.6) is 0 Å². The number of carbonyl (C=O) groups is 1. The molecule has 0 bridgehead atoms. The monoisotopic (exact) mass is 271 g/mol. The van der Waals surface area contributed by atoms with E-state index in [4.69, 9.17) is 2.74 Å². The van der Waals surface area contributed by atoms with Crippen molar-refractivity contribution in [2.45, 2.75) is 6.37 Å². The van der Waals surface area contributed by atoms with Crippen molar-refractivity contribution in [3.8, 4) is 0 Å². The molecule has 21 heavy (non-hydrogen) atoms. The van der Waals surface area contributed by atoms with Crippen LogP contribution in [0.15, 0.2) is 42.5 Å². The second kappa shape index (κ2) is 3.66. The van der Waals surface area contributed by atoms with Gasteiger partial charge in [-0.1, -0.05) is 24.3 Å². The van der Waals surface area contributed by atoms with Gasteiger partial charge in [0.25, 0.3) is 0 Å². The molecule has 1 heteroatoms. The zero-order valence-corrected chi connectivity index (χ0v) is 11.1. The summed E-state index contributed by atoms with van der Waals surface area (Å²) >= 11 is 0. The SMILES string of the molecule is [2H][13C]1([2H])c2c3c(cc4c2c(cc2ccccc24)[13C]1=O)C=C[C+]=C3. The number of allylic oxidation sites excluding steroid dienone is 2. The first-order valence-electron chi connectivity index (χ1n) is 7.92. The van der Waals surface area contributed by atoms with E-state index in [0.717, 1.165) is 32.7 Å². The van der Waals surface area contributed by atoms with Crippen LogP contribution in [0.25, 0.3) is 33.7 Å². The predicted molar refractivity (Wildman–Crippen MR) is 86.2 cm³/mol. The lowest BCUT2D eigenvalue weighted by molar-refractivity contribution is 0.1000. The van der Waals surface area contributed by atoms with Crippen LogP contribution in [-0.2, 0) is 6.37 Å². The highest BCUT2D eigenvalue weighted by Crippen LogP contribution is 2.40. The Bertz CT molecular complexity index is 1100. The number of benzene rings is 3. The van der Waals surface area contributed by atoms with Crippen LogP contribution in [0, 0.1) is 6.08 Å². The molecule has 0 aliphatic heterocycles. The van der Waals surface area contributed by atoms with Gasteiger partial charge in [0.2, 0.25) is 0 Å². The summed E-state index contributed by atoms with van der Waals surface area (Å²) in [5, 5.41) is 3.72. The molecule has 0 aromatic heterocycles. The number of carbonyl (C=O) groups excluding carboxylic acids is 1. The molecule has 0 radical (unpaired) electrons. The highest BCUT2D eigenvalue weighted by Gasteiger charge is 2.30. The van der Waals surface area contributed by atoms with Crippen LogP contribution in [0.2, 0.25) is 0 Å². The largest absolute Gasteiger partial charge is 0.294 e. The van der Waals surface area contributed by atoms with E-state index in [-0.39, 0.29) is 0 Å². The smallest absolute Gasteiger partial charge is 0.169 e. The van der Waals surface area contributed by atoms with Crippen LogP contribution in [-0.4, -0.2) is 5.78 Å². The maximum Gasteiger partial charge on any atom is 0.169 e. The summed E-state index contributed by atoms with van der Waals surface area (Å²) in [5.74, 6) is -0.445. The number of fused-ring (bicyclic) bond motifs is 4. The van der Waals surface area contributed by atoms with Crippen LogP contribution >= 0.6 is 0 Å². The average Bonchev–Trinajstić information content (AvgIpc) is 2.77. The van der Waals surface area contributed by atoms with Crippen molar-refractivity contribution in [2.24, 2.45) is 0 Å². The zero-order chi connectivity index (χ0) is 15.8. The fourth-order valence-electron chi connectivity index (χ4n) is 3.36. The van der Waals surface area contributed by atoms with Crippen molar-refractivity contribution in [2.75, 3.05) is 0 Å². The summed E-state index contributed by atoms with van der Waals surface area (Å²) in [6, 6.07) is 11.8. The molecule has 0 fully saturated rings. The Morgan fingerprint density at radius 2 is 2.05 bits per heavy atom. The van der Waals surface area contributed by atoms with Gasteiger partial charge < -0.3 is 0 Å². The van der Waals surface area contributed by atoms with E-state index in [0.29, 0.717) is 11.1 Å². The Labute approximate surface area is 125 Å². The molecule has 0 unspecified atom stereocenters. The van der Waals surface area contributed by atoms with Gasteiger partial charge >= 0.3 is 0 Å². The molecule has 0 heterocycles. The van der Waals surface area contributed by atoms with Gasteiger partial charge in [0, 0.05) is 31.7 Å². The van der Waals surface area contributed by atoms with Crippen molar-refractivity contribution >= 4 is 39.5 Å². The topological polar surface area (TPSA) is 17.1 Å². The third-order valence-electron chi connectivity index (χ3n) is 4.29. The first-order chi connectivity index (χ1) is 11.1. The molecule has 0 saturated carbocycles. The molecule has 2 aliphatic rings. The fourth-order valence-corrected chi connectivity index (χ4v) is 3.36. The summed E-state index contributed by atoms with van der Waals surface area (Å²) in [5.41, 5.74) is 2.69. The molecule has 0 N–H and O–H groups in total. The Hall–Kier alpha value is -2.76. The molecule has 5 rings (SSSR count). The Morgan fingerprint density at radius 3 is 3.00 bits per heavy atom. The third-order valence-corrected chi connectivity index (χ3v) is 4.29. The maximum atomic E-state index is 12.7. The third kappa shape index (κ3) is 1.31. The fraction of sp³-hybridized carbons (Fsp3) is 0.0500. The molecule has 3 aromatic carbocycles. The normalized spacial score (nSPS) is 18.6. The number of rotatable bonds is 0. The van der Waals surface area contributed by atoms with E-state index in [1.54, 1.807) is 6.08 Å². The van der Waals surface area contributed by atoms with Gasteiger partial charge in [-0.15, -0.1) is 0 Å². The van der Waals surface area contributed by atoms with Crippen LogP contribution in [0.3, 0.4) is 0 Å². The molecular weight excluding hydrogens is 258 g/mol. The lowest BCUT2D eigenvalue weighted by Crippen LogP contribution is -1.96. The summed E-state index contributed by atoms with van der Waals surface area (Å²) in [4.78, 5) is 12.7. The Kier molecular flexibility index (Phi) is 1.61. The highest BCUT2D eigenvalue weighted by molar-refractivity contribution is 6.24. The standard InChI is InChI=1S/C20H11O/c21-19-11-17-15-8-4-1-5-12(15)9-16-14-7-3-2-6-13(14)10-18(19)20(16)17/h1-3,5-10H,11H2/q+1/i11+1D2,19+1. The molecule has 0 amide bonds. The second-order valence-electron chi connectivity index (χ2n) is 5.42. The minimum absolute atomic E-state index is 0.445. The quantitative estimate of drug-likeness (QED) is 0.332. The minimum atomic E-state index is -1.99. The van der Waals surface area contributed by atoms with E-state index in [1.807, 2.05) is 42.5 Å². The van der Waals surface area contributed by atoms with Crippen LogP contribution in [0.1, 0.15) is 29.8 Å². The highest BCUT2D eigenvalue weighted by atomic mass is 16.2. The van der Waals surface area contributed by atoms with E-state index in [1.165, 1.54) is 0 Å². The molecular formula is C20H11O+.